The van der Waals surface area contributed by atoms with Gasteiger partial charge in [0.2, 0.25) is 5.78 Å². The number of ketones is 1. The maximum atomic E-state index is 12.7. The Morgan fingerprint density at radius 2 is 2.07 bits per heavy atom. The molecule has 0 aromatic heterocycles. The van der Waals surface area contributed by atoms with Crippen molar-refractivity contribution >= 4 is 11.7 Å². The van der Waals surface area contributed by atoms with E-state index in [4.69, 9.17) is 5.73 Å². The SMILES string of the molecule is NC(=O)C(=O)CCc1cccc(F)c1. The summed E-state index contributed by atoms with van der Waals surface area (Å²) in [4.78, 5) is 21.2. The first-order valence-electron chi connectivity index (χ1n) is 4.16. The normalized spacial score (nSPS) is 9.79. The van der Waals surface area contributed by atoms with Crippen LogP contribution in [0, 0.1) is 5.82 Å². The summed E-state index contributed by atoms with van der Waals surface area (Å²) in [5.41, 5.74) is 5.45. The number of benzene rings is 1. The summed E-state index contributed by atoms with van der Waals surface area (Å²) in [5, 5.41) is 0. The molecule has 0 fully saturated rings. The quantitative estimate of drug-likeness (QED) is 0.723. The highest BCUT2D eigenvalue weighted by Crippen LogP contribution is 2.06. The second-order valence-corrected chi connectivity index (χ2v) is 2.92. The molecule has 1 aromatic carbocycles. The third-order valence-corrected chi connectivity index (χ3v) is 1.80. The molecule has 2 N–H and O–H groups in total. The summed E-state index contributed by atoms with van der Waals surface area (Å²) in [6, 6.07) is 5.89. The van der Waals surface area contributed by atoms with Gasteiger partial charge in [0, 0.05) is 6.42 Å². The lowest BCUT2D eigenvalue weighted by Gasteiger charge is -1.98. The first-order valence-corrected chi connectivity index (χ1v) is 4.16. The molecule has 1 amide bonds. The second kappa shape index (κ2) is 4.50. The largest absolute Gasteiger partial charge is 0.363 e. The molecule has 0 bridgehead atoms. The van der Waals surface area contributed by atoms with Crippen molar-refractivity contribution in [2.45, 2.75) is 12.8 Å². The van der Waals surface area contributed by atoms with Gasteiger partial charge in [-0.05, 0) is 24.1 Å². The number of hydrogen-bond donors (Lipinski definition) is 1. The van der Waals surface area contributed by atoms with Crippen molar-refractivity contribution in [3.63, 3.8) is 0 Å². The third kappa shape index (κ3) is 2.97. The van der Waals surface area contributed by atoms with Crippen LogP contribution < -0.4 is 5.73 Å². The van der Waals surface area contributed by atoms with Gasteiger partial charge in [-0.2, -0.15) is 0 Å². The van der Waals surface area contributed by atoms with Gasteiger partial charge in [-0.3, -0.25) is 9.59 Å². The van der Waals surface area contributed by atoms with Crippen LogP contribution in [-0.4, -0.2) is 11.7 Å². The number of aryl methyl sites for hydroxylation is 1. The molecule has 0 unspecified atom stereocenters. The monoisotopic (exact) mass is 195 g/mol. The summed E-state index contributed by atoms with van der Waals surface area (Å²) in [7, 11) is 0. The number of amides is 1. The highest BCUT2D eigenvalue weighted by atomic mass is 19.1. The van der Waals surface area contributed by atoms with Crippen LogP contribution in [0.25, 0.3) is 0 Å². The van der Waals surface area contributed by atoms with E-state index >= 15 is 0 Å². The van der Waals surface area contributed by atoms with Crippen molar-refractivity contribution in [2.75, 3.05) is 0 Å². The van der Waals surface area contributed by atoms with Crippen molar-refractivity contribution in [1.29, 1.82) is 0 Å². The number of halogens is 1. The lowest BCUT2D eigenvalue weighted by atomic mass is 10.1. The topological polar surface area (TPSA) is 60.2 Å². The highest BCUT2D eigenvalue weighted by molar-refractivity contribution is 6.35. The minimum Gasteiger partial charge on any atom is -0.363 e. The van der Waals surface area contributed by atoms with E-state index in [1.807, 2.05) is 0 Å². The van der Waals surface area contributed by atoms with Crippen LogP contribution in [0.5, 0.6) is 0 Å². The molecule has 1 rings (SSSR count). The summed E-state index contributed by atoms with van der Waals surface area (Å²) in [6.45, 7) is 0. The van der Waals surface area contributed by atoms with E-state index in [1.165, 1.54) is 12.1 Å². The van der Waals surface area contributed by atoms with Gasteiger partial charge >= 0.3 is 0 Å². The Morgan fingerprint density at radius 3 is 2.64 bits per heavy atom. The van der Waals surface area contributed by atoms with E-state index in [-0.39, 0.29) is 12.2 Å². The van der Waals surface area contributed by atoms with Crippen LogP contribution in [-0.2, 0) is 16.0 Å². The standard InChI is InChI=1S/C10H10FNO2/c11-8-3-1-2-7(6-8)4-5-9(13)10(12)14/h1-3,6H,4-5H2,(H2,12,14). The number of Topliss-reactive ketones (excluding diaryl/α,β-unsaturated/α-hetero) is 1. The molecule has 1 aromatic rings. The minimum absolute atomic E-state index is 0.0266. The second-order valence-electron chi connectivity index (χ2n) is 2.92. The Hall–Kier alpha value is -1.71. The van der Waals surface area contributed by atoms with Gasteiger partial charge in [-0.15, -0.1) is 0 Å². The molecule has 0 aliphatic carbocycles. The maximum Gasteiger partial charge on any atom is 0.284 e. The predicted molar refractivity (Wildman–Crippen MR) is 48.9 cm³/mol. The fourth-order valence-corrected chi connectivity index (χ4v) is 1.07. The van der Waals surface area contributed by atoms with Gasteiger partial charge in [0.25, 0.3) is 5.91 Å². The summed E-state index contributed by atoms with van der Waals surface area (Å²) in [5.74, 6) is -1.93. The van der Waals surface area contributed by atoms with E-state index in [2.05, 4.69) is 0 Å². The Balaban J connectivity index is 2.54. The van der Waals surface area contributed by atoms with Crippen molar-refractivity contribution < 1.29 is 14.0 Å². The van der Waals surface area contributed by atoms with E-state index < -0.39 is 11.7 Å². The Kier molecular flexibility index (Phi) is 3.34. The molecule has 14 heavy (non-hydrogen) atoms. The lowest BCUT2D eigenvalue weighted by molar-refractivity contribution is -0.135. The minimum atomic E-state index is -0.943. The molecule has 0 spiro atoms. The van der Waals surface area contributed by atoms with Crippen molar-refractivity contribution in [3.8, 4) is 0 Å². The first kappa shape index (κ1) is 10.4. The number of nitrogens with two attached hydrogens (primary N) is 1. The maximum absolute atomic E-state index is 12.7. The molecular weight excluding hydrogens is 185 g/mol. The number of carbonyl (C=O) groups is 2. The molecular formula is C10H10FNO2. The number of primary amides is 1. The molecule has 0 aliphatic heterocycles. The summed E-state index contributed by atoms with van der Waals surface area (Å²) < 4.78 is 12.7. The van der Waals surface area contributed by atoms with Crippen LogP contribution in [0.1, 0.15) is 12.0 Å². The molecule has 74 valence electrons. The van der Waals surface area contributed by atoms with Crippen LogP contribution in [0.3, 0.4) is 0 Å². The summed E-state index contributed by atoms with van der Waals surface area (Å²) >= 11 is 0. The number of carbonyl (C=O) groups excluding carboxylic acids is 2. The molecule has 0 radical (unpaired) electrons. The zero-order chi connectivity index (χ0) is 10.6. The first-order chi connectivity index (χ1) is 6.59. The predicted octanol–water partition coefficient (Wildman–Crippen LogP) is 0.813. The third-order valence-electron chi connectivity index (χ3n) is 1.80. The Labute approximate surface area is 80.7 Å². The van der Waals surface area contributed by atoms with Gasteiger partial charge in [-0.25, -0.2) is 4.39 Å². The van der Waals surface area contributed by atoms with Gasteiger partial charge in [0.1, 0.15) is 5.82 Å². The number of rotatable bonds is 4. The fraction of sp³-hybridized carbons (Fsp3) is 0.200. The van der Waals surface area contributed by atoms with Gasteiger partial charge < -0.3 is 5.73 Å². The lowest BCUT2D eigenvalue weighted by Crippen LogP contribution is -2.23. The van der Waals surface area contributed by atoms with Gasteiger partial charge in [-0.1, -0.05) is 12.1 Å². The van der Waals surface area contributed by atoms with Crippen molar-refractivity contribution in [1.82, 2.24) is 0 Å². The van der Waals surface area contributed by atoms with Crippen molar-refractivity contribution in [2.24, 2.45) is 5.73 Å². The van der Waals surface area contributed by atoms with Crippen LogP contribution >= 0.6 is 0 Å². The zero-order valence-electron chi connectivity index (χ0n) is 7.50. The van der Waals surface area contributed by atoms with Gasteiger partial charge in [0.05, 0.1) is 0 Å². The smallest absolute Gasteiger partial charge is 0.284 e. The van der Waals surface area contributed by atoms with E-state index in [0.717, 1.165) is 0 Å². The van der Waals surface area contributed by atoms with Crippen molar-refractivity contribution in [3.05, 3.63) is 35.6 Å². The average molecular weight is 195 g/mol. The van der Waals surface area contributed by atoms with Crippen LogP contribution in [0.15, 0.2) is 24.3 Å². The van der Waals surface area contributed by atoms with Gasteiger partial charge in [0.15, 0.2) is 0 Å². The zero-order valence-corrected chi connectivity index (χ0v) is 7.50. The molecule has 3 nitrogen and oxygen atoms in total. The fourth-order valence-electron chi connectivity index (χ4n) is 1.07. The molecule has 4 heteroatoms. The molecule has 0 saturated heterocycles. The number of hydrogen-bond acceptors (Lipinski definition) is 2. The van der Waals surface area contributed by atoms with Crippen LogP contribution in [0.2, 0.25) is 0 Å². The average Bonchev–Trinajstić information content (AvgIpc) is 2.14. The Bertz CT molecular complexity index is 363. The van der Waals surface area contributed by atoms with E-state index in [1.54, 1.807) is 12.1 Å². The highest BCUT2D eigenvalue weighted by Gasteiger charge is 2.08. The summed E-state index contributed by atoms with van der Waals surface area (Å²) in [6.07, 6.45) is 0.359. The molecule has 0 aliphatic rings. The molecule has 0 heterocycles. The van der Waals surface area contributed by atoms with E-state index in [0.29, 0.717) is 12.0 Å². The van der Waals surface area contributed by atoms with Crippen LogP contribution in [0.4, 0.5) is 4.39 Å². The molecule has 0 saturated carbocycles. The van der Waals surface area contributed by atoms with E-state index in [9.17, 15) is 14.0 Å². The molecule has 0 atom stereocenters. The Morgan fingerprint density at radius 1 is 1.36 bits per heavy atom.